The van der Waals surface area contributed by atoms with Gasteiger partial charge < -0.3 is 9.53 Å². The molecule has 0 aliphatic heterocycles. The average Bonchev–Trinajstić information content (AvgIpc) is 2.98. The molecule has 0 amide bonds. The molecule has 8 heteroatoms. The van der Waals surface area contributed by atoms with Crippen LogP contribution < -0.4 is 4.43 Å². The van der Waals surface area contributed by atoms with Crippen LogP contribution in [-0.4, -0.2) is 28.9 Å². The van der Waals surface area contributed by atoms with Gasteiger partial charge >= 0.3 is 5.97 Å². The molecule has 0 saturated carbocycles. The van der Waals surface area contributed by atoms with Crippen LogP contribution in [0.5, 0.6) is 5.75 Å². The topological polar surface area (TPSA) is 64.3 Å². The van der Waals surface area contributed by atoms with Crippen molar-refractivity contribution in [2.45, 2.75) is 45.8 Å². The molecule has 164 valence electrons. The van der Waals surface area contributed by atoms with Gasteiger partial charge in [-0.2, -0.15) is 0 Å². The van der Waals surface area contributed by atoms with Gasteiger partial charge in [-0.1, -0.05) is 44.0 Å². The van der Waals surface area contributed by atoms with E-state index in [4.69, 9.17) is 27.6 Å². The number of rotatable bonds is 5. The Morgan fingerprint density at radius 3 is 2.23 bits per heavy atom. The molecule has 0 spiro atoms. The van der Waals surface area contributed by atoms with Gasteiger partial charge in [0.25, 0.3) is 0 Å². The monoisotopic (exact) mass is 476 g/mol. The van der Waals surface area contributed by atoms with Crippen molar-refractivity contribution in [2.24, 2.45) is 0 Å². The molecular formula is C23H26Cl2N2O3Si. The molecule has 2 aromatic carbocycles. The van der Waals surface area contributed by atoms with Crippen LogP contribution in [-0.2, 0) is 0 Å². The maximum atomic E-state index is 11.7. The van der Waals surface area contributed by atoms with E-state index in [1.54, 1.807) is 29.7 Å². The first kappa shape index (κ1) is 23.4. The molecule has 0 radical (unpaired) electrons. The minimum atomic E-state index is -1.97. The summed E-state index contributed by atoms with van der Waals surface area (Å²) in [5.74, 6) is 0.132. The summed E-state index contributed by atoms with van der Waals surface area (Å²) in [7, 11) is -1.97. The summed E-state index contributed by atoms with van der Waals surface area (Å²) < 4.78 is 8.15. The first-order valence-electron chi connectivity index (χ1n) is 9.89. The molecule has 0 fully saturated rings. The summed E-state index contributed by atoms with van der Waals surface area (Å²) in [5.41, 5.74) is 1.85. The molecule has 0 atom stereocenters. The molecule has 31 heavy (non-hydrogen) atoms. The molecule has 0 aliphatic rings. The second-order valence-electron chi connectivity index (χ2n) is 8.99. The third-order valence-electron chi connectivity index (χ3n) is 5.76. The number of carboxylic acid groups (broad SMARTS) is 1. The Labute approximate surface area is 193 Å². The van der Waals surface area contributed by atoms with Gasteiger partial charge in [-0.05, 0) is 67.5 Å². The van der Waals surface area contributed by atoms with Crippen molar-refractivity contribution in [3.8, 4) is 22.8 Å². The van der Waals surface area contributed by atoms with Crippen molar-refractivity contribution in [1.29, 1.82) is 0 Å². The normalized spacial score (nSPS) is 12.1. The number of carboxylic acids is 1. The first-order valence-corrected chi connectivity index (χ1v) is 13.6. The van der Waals surface area contributed by atoms with Crippen molar-refractivity contribution in [1.82, 2.24) is 9.55 Å². The Morgan fingerprint density at radius 2 is 1.71 bits per heavy atom. The summed E-state index contributed by atoms with van der Waals surface area (Å²) in [6.07, 6.45) is 0. The predicted molar refractivity (Wildman–Crippen MR) is 129 cm³/mol. The van der Waals surface area contributed by atoms with Crippen molar-refractivity contribution in [3.63, 3.8) is 0 Å². The summed E-state index contributed by atoms with van der Waals surface area (Å²) in [4.78, 5) is 16.1. The zero-order valence-corrected chi connectivity index (χ0v) is 21.0. The maximum Gasteiger partial charge on any atom is 0.356 e. The fraction of sp³-hybridized carbons (Fsp3) is 0.304. The van der Waals surface area contributed by atoms with E-state index in [9.17, 15) is 9.90 Å². The van der Waals surface area contributed by atoms with Gasteiger partial charge in [0.2, 0.25) is 8.32 Å². The molecule has 3 aromatic rings. The number of aromatic nitrogens is 2. The predicted octanol–water partition coefficient (Wildman–Crippen LogP) is 7.24. The standard InChI is InChI=1S/C23H26Cl2N2O3Si/c1-14-20(22(28)29)26-21(18-12-7-15(24)13-19(18)25)27(14)16-8-10-17(11-9-16)30-31(5,6)23(2,3)4/h7-13H,1-6H3,(H,28,29). The van der Waals surface area contributed by atoms with Crippen LogP contribution in [0, 0.1) is 6.92 Å². The summed E-state index contributed by atoms with van der Waals surface area (Å²) in [6.45, 7) is 12.7. The van der Waals surface area contributed by atoms with Gasteiger partial charge in [-0.15, -0.1) is 0 Å². The third kappa shape index (κ3) is 4.66. The van der Waals surface area contributed by atoms with E-state index in [1.165, 1.54) is 0 Å². The van der Waals surface area contributed by atoms with Gasteiger partial charge in [-0.25, -0.2) is 9.78 Å². The van der Waals surface area contributed by atoms with Crippen LogP contribution >= 0.6 is 23.2 Å². The van der Waals surface area contributed by atoms with Crippen LogP contribution in [0.4, 0.5) is 0 Å². The highest BCUT2D eigenvalue weighted by Crippen LogP contribution is 2.38. The molecule has 5 nitrogen and oxygen atoms in total. The summed E-state index contributed by atoms with van der Waals surface area (Å²) in [6, 6.07) is 12.7. The lowest BCUT2D eigenvalue weighted by molar-refractivity contribution is 0.0690. The zero-order valence-electron chi connectivity index (χ0n) is 18.5. The van der Waals surface area contributed by atoms with Crippen LogP contribution in [0.2, 0.25) is 28.2 Å². The number of carbonyl (C=O) groups is 1. The van der Waals surface area contributed by atoms with E-state index in [0.29, 0.717) is 27.1 Å². The molecule has 0 unspecified atom stereocenters. The molecular weight excluding hydrogens is 451 g/mol. The number of imidazole rings is 1. The number of benzene rings is 2. The molecule has 1 aromatic heterocycles. The lowest BCUT2D eigenvalue weighted by Gasteiger charge is -2.36. The Bertz CT molecular complexity index is 1130. The van der Waals surface area contributed by atoms with Crippen molar-refractivity contribution in [2.75, 3.05) is 0 Å². The van der Waals surface area contributed by atoms with Crippen molar-refractivity contribution < 1.29 is 14.3 Å². The summed E-state index contributed by atoms with van der Waals surface area (Å²) >= 11 is 12.4. The van der Waals surface area contributed by atoms with E-state index in [2.05, 4.69) is 38.8 Å². The van der Waals surface area contributed by atoms with Gasteiger partial charge in [-0.3, -0.25) is 4.57 Å². The average molecular weight is 477 g/mol. The van der Waals surface area contributed by atoms with E-state index in [-0.39, 0.29) is 10.7 Å². The molecule has 1 heterocycles. The fourth-order valence-electron chi connectivity index (χ4n) is 2.98. The first-order chi connectivity index (χ1) is 14.3. The fourth-order valence-corrected chi connectivity index (χ4v) is 4.51. The number of nitrogens with zero attached hydrogens (tertiary/aromatic N) is 2. The Morgan fingerprint density at radius 1 is 1.10 bits per heavy atom. The van der Waals surface area contributed by atoms with Gasteiger partial charge in [0.1, 0.15) is 11.6 Å². The Balaban J connectivity index is 2.09. The van der Waals surface area contributed by atoms with E-state index in [1.807, 2.05) is 24.3 Å². The van der Waals surface area contributed by atoms with E-state index >= 15 is 0 Å². The maximum absolute atomic E-state index is 11.7. The number of aromatic carboxylic acids is 1. The quantitative estimate of drug-likeness (QED) is 0.394. The van der Waals surface area contributed by atoms with Crippen molar-refractivity contribution in [3.05, 3.63) is 63.9 Å². The molecule has 0 bridgehead atoms. The van der Waals surface area contributed by atoms with Crippen LogP contribution in [0.15, 0.2) is 42.5 Å². The Kier molecular flexibility index (Phi) is 6.29. The third-order valence-corrected chi connectivity index (χ3v) is 10.7. The largest absolute Gasteiger partial charge is 0.544 e. The second-order valence-corrected chi connectivity index (χ2v) is 14.6. The lowest BCUT2D eigenvalue weighted by atomic mass is 10.2. The van der Waals surface area contributed by atoms with Crippen molar-refractivity contribution >= 4 is 37.5 Å². The highest BCUT2D eigenvalue weighted by atomic mass is 35.5. The number of hydrogen-bond acceptors (Lipinski definition) is 3. The highest BCUT2D eigenvalue weighted by Gasteiger charge is 2.39. The lowest BCUT2D eigenvalue weighted by Crippen LogP contribution is -2.43. The molecule has 0 aliphatic carbocycles. The minimum Gasteiger partial charge on any atom is -0.544 e. The number of hydrogen-bond donors (Lipinski definition) is 1. The molecule has 3 rings (SSSR count). The zero-order chi connectivity index (χ0) is 23.1. The van der Waals surface area contributed by atoms with Crippen LogP contribution in [0.3, 0.4) is 0 Å². The van der Waals surface area contributed by atoms with Gasteiger partial charge in [0.15, 0.2) is 5.69 Å². The van der Waals surface area contributed by atoms with Gasteiger partial charge in [0.05, 0.1) is 10.7 Å². The second kappa shape index (κ2) is 8.34. The molecule has 1 N–H and O–H groups in total. The van der Waals surface area contributed by atoms with Gasteiger partial charge in [0, 0.05) is 16.3 Å². The SMILES string of the molecule is Cc1c(C(=O)O)nc(-c2ccc(Cl)cc2Cl)n1-c1ccc(O[Si](C)(C)C(C)(C)C)cc1. The smallest absolute Gasteiger partial charge is 0.356 e. The highest BCUT2D eigenvalue weighted by molar-refractivity contribution is 6.74. The summed E-state index contributed by atoms with van der Waals surface area (Å²) in [5, 5.41) is 10.6. The van der Waals surface area contributed by atoms with E-state index < -0.39 is 14.3 Å². The Hall–Kier alpha value is -2.28. The number of halogens is 2. The minimum absolute atomic E-state index is 0.0254. The van der Waals surface area contributed by atoms with Crippen LogP contribution in [0.25, 0.3) is 17.1 Å². The van der Waals surface area contributed by atoms with E-state index in [0.717, 1.165) is 11.4 Å². The molecule has 0 saturated heterocycles. The van der Waals surface area contributed by atoms with Crippen LogP contribution in [0.1, 0.15) is 37.0 Å².